The average Bonchev–Trinajstić information content (AvgIpc) is 3.03. The van der Waals surface area contributed by atoms with Gasteiger partial charge in [0.2, 0.25) is 11.9 Å². The van der Waals surface area contributed by atoms with E-state index in [9.17, 15) is 0 Å². The number of aryl methyl sites for hydroxylation is 1. The standard InChI is InChI=1S/C12H14N4O2S/c1-7-14-12(16-15-7)19-5-9(13)8-2-3-10-11(4-8)18-6-17-10/h2-4,9H,5-6,13H2,1H3,(H,14,15,16). The number of nitrogens with two attached hydrogens (primary N) is 1. The van der Waals surface area contributed by atoms with Crippen molar-refractivity contribution >= 4 is 11.8 Å². The van der Waals surface area contributed by atoms with E-state index in [4.69, 9.17) is 15.2 Å². The van der Waals surface area contributed by atoms with Crippen molar-refractivity contribution in [1.29, 1.82) is 0 Å². The molecule has 0 spiro atoms. The summed E-state index contributed by atoms with van der Waals surface area (Å²) in [5, 5.41) is 7.59. The minimum atomic E-state index is -0.0988. The van der Waals surface area contributed by atoms with Crippen LogP contribution in [0.5, 0.6) is 11.5 Å². The quantitative estimate of drug-likeness (QED) is 0.827. The molecular formula is C12H14N4O2S. The molecule has 0 saturated carbocycles. The Morgan fingerprint density at radius 3 is 3.05 bits per heavy atom. The number of thioether (sulfide) groups is 1. The number of benzene rings is 1. The number of hydrogen-bond donors (Lipinski definition) is 2. The highest BCUT2D eigenvalue weighted by Crippen LogP contribution is 2.34. The molecule has 3 rings (SSSR count). The predicted octanol–water partition coefficient (Wildman–Crippen LogP) is 1.63. The van der Waals surface area contributed by atoms with Crippen LogP contribution < -0.4 is 15.2 Å². The third kappa shape index (κ3) is 2.66. The first-order chi connectivity index (χ1) is 9.22. The summed E-state index contributed by atoms with van der Waals surface area (Å²) in [5.41, 5.74) is 7.18. The van der Waals surface area contributed by atoms with E-state index < -0.39 is 0 Å². The van der Waals surface area contributed by atoms with Crippen LogP contribution in [0.25, 0.3) is 0 Å². The number of aromatic amines is 1. The zero-order valence-corrected chi connectivity index (χ0v) is 11.2. The fourth-order valence-electron chi connectivity index (χ4n) is 1.79. The minimum absolute atomic E-state index is 0.0988. The maximum Gasteiger partial charge on any atom is 0.231 e. The molecule has 1 aromatic carbocycles. The molecule has 0 amide bonds. The molecule has 0 radical (unpaired) electrons. The molecule has 1 unspecified atom stereocenters. The molecule has 1 aliphatic rings. The van der Waals surface area contributed by atoms with E-state index in [1.807, 2.05) is 25.1 Å². The number of fused-ring (bicyclic) bond motifs is 1. The lowest BCUT2D eigenvalue weighted by Gasteiger charge is -2.11. The van der Waals surface area contributed by atoms with Crippen molar-refractivity contribution in [2.45, 2.75) is 18.1 Å². The van der Waals surface area contributed by atoms with E-state index in [1.165, 1.54) is 11.8 Å². The predicted molar refractivity (Wildman–Crippen MR) is 71.3 cm³/mol. The smallest absolute Gasteiger partial charge is 0.231 e. The topological polar surface area (TPSA) is 86.1 Å². The molecule has 6 nitrogen and oxygen atoms in total. The molecule has 0 saturated heterocycles. The Morgan fingerprint density at radius 2 is 2.26 bits per heavy atom. The van der Waals surface area contributed by atoms with Gasteiger partial charge in [-0.25, -0.2) is 4.98 Å². The van der Waals surface area contributed by atoms with Gasteiger partial charge in [0.25, 0.3) is 0 Å². The number of H-pyrrole nitrogens is 1. The van der Waals surface area contributed by atoms with Gasteiger partial charge in [-0.05, 0) is 24.6 Å². The van der Waals surface area contributed by atoms with Crippen molar-refractivity contribution in [1.82, 2.24) is 15.2 Å². The Morgan fingerprint density at radius 1 is 1.42 bits per heavy atom. The number of hydrogen-bond acceptors (Lipinski definition) is 6. The first-order valence-corrected chi connectivity index (χ1v) is 6.88. The van der Waals surface area contributed by atoms with Gasteiger partial charge in [-0.3, -0.25) is 5.10 Å². The van der Waals surface area contributed by atoms with Crippen molar-refractivity contribution in [2.24, 2.45) is 5.73 Å². The lowest BCUT2D eigenvalue weighted by atomic mass is 10.1. The summed E-state index contributed by atoms with van der Waals surface area (Å²) in [4.78, 5) is 4.23. The summed E-state index contributed by atoms with van der Waals surface area (Å²) in [6, 6.07) is 5.68. The maximum absolute atomic E-state index is 6.16. The maximum atomic E-state index is 6.16. The number of aromatic nitrogens is 3. The van der Waals surface area contributed by atoms with Crippen LogP contribution in [0.15, 0.2) is 23.4 Å². The van der Waals surface area contributed by atoms with Crippen LogP contribution in [-0.2, 0) is 0 Å². The van der Waals surface area contributed by atoms with E-state index in [0.717, 1.165) is 22.9 Å². The van der Waals surface area contributed by atoms with Crippen molar-refractivity contribution in [3.8, 4) is 11.5 Å². The van der Waals surface area contributed by atoms with Gasteiger partial charge in [0.05, 0.1) is 0 Å². The summed E-state index contributed by atoms with van der Waals surface area (Å²) in [6.45, 7) is 2.15. The van der Waals surface area contributed by atoms with Crippen LogP contribution in [0.1, 0.15) is 17.4 Å². The summed E-state index contributed by atoms with van der Waals surface area (Å²) >= 11 is 1.53. The molecule has 2 aromatic rings. The number of rotatable bonds is 4. The third-order valence-electron chi connectivity index (χ3n) is 2.79. The van der Waals surface area contributed by atoms with Crippen LogP contribution >= 0.6 is 11.8 Å². The van der Waals surface area contributed by atoms with Crippen molar-refractivity contribution in [2.75, 3.05) is 12.5 Å². The van der Waals surface area contributed by atoms with Gasteiger partial charge < -0.3 is 15.2 Å². The Balaban J connectivity index is 1.65. The molecule has 1 aromatic heterocycles. The highest BCUT2D eigenvalue weighted by Gasteiger charge is 2.16. The second kappa shape index (κ2) is 5.10. The molecule has 7 heteroatoms. The molecule has 2 heterocycles. The van der Waals surface area contributed by atoms with Gasteiger partial charge >= 0.3 is 0 Å². The van der Waals surface area contributed by atoms with E-state index in [0.29, 0.717) is 10.9 Å². The van der Waals surface area contributed by atoms with Crippen molar-refractivity contribution in [3.63, 3.8) is 0 Å². The van der Waals surface area contributed by atoms with Crippen LogP contribution in [0.4, 0.5) is 0 Å². The van der Waals surface area contributed by atoms with E-state index in [-0.39, 0.29) is 12.8 Å². The Hall–Kier alpha value is -1.73. The molecule has 0 fully saturated rings. The molecule has 100 valence electrons. The Labute approximate surface area is 114 Å². The lowest BCUT2D eigenvalue weighted by molar-refractivity contribution is 0.174. The van der Waals surface area contributed by atoms with E-state index in [1.54, 1.807) is 0 Å². The molecule has 0 aliphatic carbocycles. The molecule has 19 heavy (non-hydrogen) atoms. The number of nitrogens with zero attached hydrogens (tertiary/aromatic N) is 2. The van der Waals surface area contributed by atoms with Gasteiger partial charge in [0.15, 0.2) is 11.5 Å². The van der Waals surface area contributed by atoms with Gasteiger partial charge in [-0.1, -0.05) is 17.8 Å². The average molecular weight is 278 g/mol. The zero-order chi connectivity index (χ0) is 13.2. The summed E-state index contributed by atoms with van der Waals surface area (Å²) in [5.74, 6) is 3.04. The van der Waals surface area contributed by atoms with Crippen molar-refractivity contribution in [3.05, 3.63) is 29.6 Å². The van der Waals surface area contributed by atoms with Gasteiger partial charge in [0, 0.05) is 11.8 Å². The summed E-state index contributed by atoms with van der Waals surface area (Å²) in [6.07, 6.45) is 0. The molecule has 1 aliphatic heterocycles. The number of nitrogens with one attached hydrogen (secondary N) is 1. The van der Waals surface area contributed by atoms with Gasteiger partial charge in [0.1, 0.15) is 5.82 Å². The lowest BCUT2D eigenvalue weighted by Crippen LogP contribution is -2.13. The highest BCUT2D eigenvalue weighted by molar-refractivity contribution is 7.99. The molecule has 3 N–H and O–H groups in total. The fraction of sp³-hybridized carbons (Fsp3) is 0.333. The summed E-state index contributed by atoms with van der Waals surface area (Å²) in [7, 11) is 0. The van der Waals surface area contributed by atoms with Gasteiger partial charge in [-0.2, -0.15) is 0 Å². The number of ether oxygens (including phenoxy) is 2. The van der Waals surface area contributed by atoms with Crippen LogP contribution in [0, 0.1) is 6.92 Å². The first kappa shape index (κ1) is 12.3. The second-order valence-electron chi connectivity index (χ2n) is 4.23. The fourth-order valence-corrected chi connectivity index (χ4v) is 2.62. The molecule has 0 bridgehead atoms. The largest absolute Gasteiger partial charge is 0.454 e. The highest BCUT2D eigenvalue weighted by atomic mass is 32.2. The second-order valence-corrected chi connectivity index (χ2v) is 5.22. The van der Waals surface area contributed by atoms with E-state index in [2.05, 4.69) is 15.2 Å². The minimum Gasteiger partial charge on any atom is -0.454 e. The first-order valence-electron chi connectivity index (χ1n) is 5.89. The van der Waals surface area contributed by atoms with Crippen molar-refractivity contribution < 1.29 is 9.47 Å². The molecular weight excluding hydrogens is 264 g/mol. The zero-order valence-electron chi connectivity index (χ0n) is 10.4. The van der Waals surface area contributed by atoms with E-state index >= 15 is 0 Å². The Kier molecular flexibility index (Phi) is 3.31. The van der Waals surface area contributed by atoms with Crippen LogP contribution in [0.2, 0.25) is 0 Å². The van der Waals surface area contributed by atoms with Crippen LogP contribution in [0.3, 0.4) is 0 Å². The normalized spacial score (nSPS) is 14.6. The SMILES string of the molecule is Cc1nc(SCC(N)c2ccc3c(c2)OCO3)n[nH]1. The Bertz CT molecular complexity index is 587. The summed E-state index contributed by atoms with van der Waals surface area (Å²) < 4.78 is 10.6. The molecule has 1 atom stereocenters. The monoisotopic (exact) mass is 278 g/mol. The van der Waals surface area contributed by atoms with Gasteiger partial charge in [-0.15, -0.1) is 5.10 Å². The van der Waals surface area contributed by atoms with Crippen LogP contribution in [-0.4, -0.2) is 27.7 Å². The third-order valence-corrected chi connectivity index (χ3v) is 3.76.